The SMILES string of the molecule is CC(/C=C/C=C(\C)CCCC(C)C)=C\CCC1(C)CCc2c(C)c(O)cc(C)c2O1. The third-order valence-electron chi connectivity index (χ3n) is 6.31. The van der Waals surface area contributed by atoms with Crippen molar-refractivity contribution < 1.29 is 9.84 Å². The lowest BCUT2D eigenvalue weighted by Crippen LogP contribution is -2.36. The maximum absolute atomic E-state index is 10.1. The summed E-state index contributed by atoms with van der Waals surface area (Å²) in [6.07, 6.45) is 16.7. The van der Waals surface area contributed by atoms with Crippen LogP contribution in [0, 0.1) is 19.8 Å². The van der Waals surface area contributed by atoms with E-state index in [2.05, 4.69) is 58.9 Å². The molecule has 166 valence electrons. The van der Waals surface area contributed by atoms with Crippen LogP contribution < -0.4 is 4.74 Å². The van der Waals surface area contributed by atoms with Crippen LogP contribution in [0.1, 0.15) is 89.8 Å². The Morgan fingerprint density at radius 3 is 2.70 bits per heavy atom. The van der Waals surface area contributed by atoms with E-state index in [9.17, 15) is 5.11 Å². The lowest BCUT2D eigenvalue weighted by molar-refractivity contribution is 0.0559. The van der Waals surface area contributed by atoms with Crippen molar-refractivity contribution in [2.45, 2.75) is 99.0 Å². The number of aromatic hydroxyl groups is 1. The van der Waals surface area contributed by atoms with Gasteiger partial charge in [0, 0.05) is 5.56 Å². The van der Waals surface area contributed by atoms with Crippen LogP contribution in [0.5, 0.6) is 11.5 Å². The summed E-state index contributed by atoms with van der Waals surface area (Å²) in [4.78, 5) is 0. The average molecular weight is 411 g/mol. The fraction of sp³-hybridized carbons (Fsp3) is 0.571. The molecule has 1 unspecified atom stereocenters. The van der Waals surface area contributed by atoms with Crippen molar-refractivity contribution in [3.63, 3.8) is 0 Å². The van der Waals surface area contributed by atoms with Gasteiger partial charge in [0.15, 0.2) is 0 Å². The Kier molecular flexibility index (Phi) is 8.82. The number of hydrogen-bond donors (Lipinski definition) is 1. The number of benzene rings is 1. The molecule has 0 spiro atoms. The van der Waals surface area contributed by atoms with E-state index in [4.69, 9.17) is 4.74 Å². The molecule has 2 rings (SSSR count). The average Bonchev–Trinajstić information content (AvgIpc) is 2.66. The Balaban J connectivity index is 1.88. The van der Waals surface area contributed by atoms with E-state index in [1.807, 2.05) is 19.9 Å². The van der Waals surface area contributed by atoms with E-state index in [1.54, 1.807) is 0 Å². The Hall–Kier alpha value is -1.96. The van der Waals surface area contributed by atoms with Gasteiger partial charge in [-0.05, 0) is 96.3 Å². The number of phenolic OH excluding ortho intramolecular Hbond substituents is 1. The van der Waals surface area contributed by atoms with Crippen molar-refractivity contribution >= 4 is 0 Å². The molecule has 1 heterocycles. The topological polar surface area (TPSA) is 29.5 Å². The molecule has 0 aromatic heterocycles. The summed E-state index contributed by atoms with van der Waals surface area (Å²) in [6, 6.07) is 1.83. The number of fused-ring (bicyclic) bond motifs is 1. The third kappa shape index (κ3) is 7.07. The predicted molar refractivity (Wildman–Crippen MR) is 130 cm³/mol. The van der Waals surface area contributed by atoms with E-state index < -0.39 is 0 Å². The molecule has 0 amide bonds. The summed E-state index contributed by atoms with van der Waals surface area (Å²) in [5.41, 5.74) is 5.79. The zero-order chi connectivity index (χ0) is 22.3. The van der Waals surface area contributed by atoms with Crippen LogP contribution >= 0.6 is 0 Å². The number of ether oxygens (including phenoxy) is 1. The Bertz CT molecular complexity index is 810. The summed E-state index contributed by atoms with van der Waals surface area (Å²) in [7, 11) is 0. The van der Waals surface area contributed by atoms with E-state index in [0.29, 0.717) is 5.75 Å². The van der Waals surface area contributed by atoms with Gasteiger partial charge < -0.3 is 9.84 Å². The van der Waals surface area contributed by atoms with E-state index in [0.717, 1.165) is 48.5 Å². The minimum atomic E-state index is -0.144. The van der Waals surface area contributed by atoms with Crippen molar-refractivity contribution in [3.8, 4) is 11.5 Å². The minimum Gasteiger partial charge on any atom is -0.508 e. The van der Waals surface area contributed by atoms with Gasteiger partial charge in [-0.3, -0.25) is 0 Å². The van der Waals surface area contributed by atoms with Gasteiger partial charge in [-0.1, -0.05) is 55.7 Å². The standard InChI is InChI=1S/C28H42O2/c1-20(2)11-8-12-21(3)13-9-14-22(4)15-10-17-28(7)18-16-25-24(6)26(29)19-23(5)27(25)30-28/h9,13-15,19-20,29H,8,10-12,16-18H2,1-7H3/b14-9+,21-13+,22-15+. The van der Waals surface area contributed by atoms with Gasteiger partial charge in [0.05, 0.1) is 0 Å². The van der Waals surface area contributed by atoms with Crippen molar-refractivity contribution in [1.82, 2.24) is 0 Å². The molecular weight excluding hydrogens is 368 g/mol. The first-order chi connectivity index (χ1) is 14.1. The third-order valence-corrected chi connectivity index (χ3v) is 6.31. The fourth-order valence-electron chi connectivity index (χ4n) is 4.16. The van der Waals surface area contributed by atoms with E-state index in [1.165, 1.54) is 36.0 Å². The molecule has 0 saturated heterocycles. The maximum Gasteiger partial charge on any atom is 0.126 e. The second-order valence-corrected chi connectivity index (χ2v) is 9.84. The molecule has 0 fully saturated rings. The highest BCUT2D eigenvalue weighted by atomic mass is 16.5. The van der Waals surface area contributed by atoms with Crippen LogP contribution in [0.4, 0.5) is 0 Å². The molecule has 1 aromatic rings. The smallest absolute Gasteiger partial charge is 0.126 e. The summed E-state index contributed by atoms with van der Waals surface area (Å²) >= 11 is 0. The summed E-state index contributed by atoms with van der Waals surface area (Å²) in [6.45, 7) is 15.2. The van der Waals surface area contributed by atoms with Gasteiger partial charge in [0.2, 0.25) is 0 Å². The van der Waals surface area contributed by atoms with Crippen LogP contribution in [-0.2, 0) is 6.42 Å². The zero-order valence-corrected chi connectivity index (χ0v) is 20.3. The molecule has 0 bridgehead atoms. The highest BCUT2D eigenvalue weighted by molar-refractivity contribution is 5.53. The molecule has 2 heteroatoms. The fourth-order valence-corrected chi connectivity index (χ4v) is 4.16. The summed E-state index contributed by atoms with van der Waals surface area (Å²) < 4.78 is 6.47. The molecule has 1 N–H and O–H groups in total. The molecule has 1 aliphatic heterocycles. The van der Waals surface area contributed by atoms with Gasteiger partial charge in [-0.15, -0.1) is 0 Å². The molecule has 2 nitrogen and oxygen atoms in total. The second kappa shape index (κ2) is 10.9. The number of rotatable bonds is 9. The number of allylic oxidation sites excluding steroid dienone is 6. The lowest BCUT2D eigenvalue weighted by Gasteiger charge is -2.37. The van der Waals surface area contributed by atoms with Gasteiger partial charge in [0.25, 0.3) is 0 Å². The van der Waals surface area contributed by atoms with Crippen LogP contribution in [0.2, 0.25) is 0 Å². The molecule has 30 heavy (non-hydrogen) atoms. The predicted octanol–water partition coefficient (Wildman–Crippen LogP) is 8.15. The molecule has 0 aliphatic carbocycles. The number of phenols is 1. The number of hydrogen-bond acceptors (Lipinski definition) is 2. The van der Waals surface area contributed by atoms with Crippen molar-refractivity contribution in [2.75, 3.05) is 0 Å². The molecular formula is C28H42O2. The quantitative estimate of drug-likeness (QED) is 0.416. The van der Waals surface area contributed by atoms with Crippen LogP contribution in [-0.4, -0.2) is 10.7 Å². The maximum atomic E-state index is 10.1. The normalized spacial score (nSPS) is 20.0. The van der Waals surface area contributed by atoms with Gasteiger partial charge in [-0.2, -0.15) is 0 Å². The Labute approximate surface area is 184 Å². The molecule has 1 atom stereocenters. The highest BCUT2D eigenvalue weighted by Crippen LogP contribution is 2.42. The first kappa shape index (κ1) is 24.3. The minimum absolute atomic E-state index is 0.144. The highest BCUT2D eigenvalue weighted by Gasteiger charge is 2.33. The first-order valence-corrected chi connectivity index (χ1v) is 11.6. The lowest BCUT2D eigenvalue weighted by atomic mass is 9.86. The molecule has 0 radical (unpaired) electrons. The summed E-state index contributed by atoms with van der Waals surface area (Å²) in [5, 5.41) is 10.1. The van der Waals surface area contributed by atoms with Crippen molar-refractivity contribution in [2.24, 2.45) is 5.92 Å². The van der Waals surface area contributed by atoms with Crippen LogP contribution in [0.15, 0.2) is 41.5 Å². The Morgan fingerprint density at radius 1 is 1.27 bits per heavy atom. The van der Waals surface area contributed by atoms with Crippen molar-refractivity contribution in [3.05, 3.63) is 58.2 Å². The second-order valence-electron chi connectivity index (χ2n) is 9.84. The largest absolute Gasteiger partial charge is 0.508 e. The van der Waals surface area contributed by atoms with Crippen LogP contribution in [0.3, 0.4) is 0 Å². The molecule has 0 saturated carbocycles. The van der Waals surface area contributed by atoms with E-state index >= 15 is 0 Å². The zero-order valence-electron chi connectivity index (χ0n) is 20.3. The van der Waals surface area contributed by atoms with Gasteiger partial charge in [0.1, 0.15) is 17.1 Å². The molecule has 1 aliphatic rings. The van der Waals surface area contributed by atoms with E-state index in [-0.39, 0.29) is 5.60 Å². The van der Waals surface area contributed by atoms with Gasteiger partial charge >= 0.3 is 0 Å². The van der Waals surface area contributed by atoms with Gasteiger partial charge in [-0.25, -0.2) is 0 Å². The molecule has 1 aromatic carbocycles. The van der Waals surface area contributed by atoms with Crippen LogP contribution in [0.25, 0.3) is 0 Å². The monoisotopic (exact) mass is 410 g/mol. The summed E-state index contributed by atoms with van der Waals surface area (Å²) in [5.74, 6) is 2.16. The van der Waals surface area contributed by atoms with Crippen molar-refractivity contribution in [1.29, 1.82) is 0 Å². The first-order valence-electron chi connectivity index (χ1n) is 11.6. The number of aryl methyl sites for hydroxylation is 1. The Morgan fingerprint density at radius 2 is 2.00 bits per heavy atom.